The lowest BCUT2D eigenvalue weighted by atomic mass is 10.1. The highest BCUT2D eigenvalue weighted by atomic mass is 35.5. The van der Waals surface area contributed by atoms with Gasteiger partial charge in [0.05, 0.1) is 5.56 Å². The van der Waals surface area contributed by atoms with Crippen molar-refractivity contribution in [3.8, 4) is 11.5 Å². The molecule has 0 radical (unpaired) electrons. The van der Waals surface area contributed by atoms with Gasteiger partial charge >= 0.3 is 0 Å². The summed E-state index contributed by atoms with van der Waals surface area (Å²) in [6, 6.07) is 5.28. The molecule has 0 fully saturated rings. The van der Waals surface area contributed by atoms with Crippen molar-refractivity contribution in [3.63, 3.8) is 0 Å². The number of benzene rings is 1. The molecule has 98 valence electrons. The first kappa shape index (κ1) is 13.0. The van der Waals surface area contributed by atoms with Crippen LogP contribution in [-0.2, 0) is 0 Å². The fourth-order valence-corrected chi connectivity index (χ4v) is 1.73. The van der Waals surface area contributed by atoms with Crippen LogP contribution in [-0.4, -0.2) is 30.5 Å². The Hall–Kier alpha value is -1.42. The molecule has 1 aliphatic heterocycles. The van der Waals surface area contributed by atoms with E-state index in [2.05, 4.69) is 5.32 Å². The van der Waals surface area contributed by atoms with Gasteiger partial charge in [0.2, 0.25) is 0 Å². The number of amides is 1. The molecule has 1 aliphatic rings. The van der Waals surface area contributed by atoms with Crippen LogP contribution in [0, 0.1) is 0 Å². The molecule has 1 heterocycles. The average molecular weight is 270 g/mol. The van der Waals surface area contributed by atoms with Gasteiger partial charge in [0.15, 0.2) is 11.5 Å². The molecular formula is C13H16ClNO3. The van der Waals surface area contributed by atoms with Gasteiger partial charge in [-0.3, -0.25) is 4.79 Å². The van der Waals surface area contributed by atoms with Gasteiger partial charge in [-0.05, 0) is 26.0 Å². The zero-order valence-corrected chi connectivity index (χ0v) is 11.2. The van der Waals surface area contributed by atoms with E-state index in [9.17, 15) is 4.79 Å². The number of carbonyl (C=O) groups is 1. The molecule has 0 aromatic heterocycles. The monoisotopic (exact) mass is 269 g/mol. The molecule has 2 rings (SSSR count). The maximum atomic E-state index is 12.2. The summed E-state index contributed by atoms with van der Waals surface area (Å²) < 4.78 is 10.9. The number of hydrogen-bond acceptors (Lipinski definition) is 3. The molecule has 0 atom stereocenters. The molecular weight excluding hydrogens is 254 g/mol. The van der Waals surface area contributed by atoms with E-state index in [4.69, 9.17) is 21.1 Å². The van der Waals surface area contributed by atoms with E-state index in [-0.39, 0.29) is 5.91 Å². The van der Waals surface area contributed by atoms with Crippen molar-refractivity contribution >= 4 is 17.5 Å². The van der Waals surface area contributed by atoms with Crippen LogP contribution in [0.3, 0.4) is 0 Å². The van der Waals surface area contributed by atoms with Crippen LogP contribution in [0.5, 0.6) is 11.5 Å². The lowest BCUT2D eigenvalue weighted by Gasteiger charge is -2.25. The highest BCUT2D eigenvalue weighted by Gasteiger charge is 2.25. The predicted octanol–water partition coefficient (Wildman–Crippen LogP) is 2.21. The van der Waals surface area contributed by atoms with Crippen molar-refractivity contribution < 1.29 is 14.3 Å². The van der Waals surface area contributed by atoms with Gasteiger partial charge in [0, 0.05) is 11.4 Å². The van der Waals surface area contributed by atoms with E-state index in [1.54, 1.807) is 18.2 Å². The van der Waals surface area contributed by atoms with Gasteiger partial charge in [-0.2, -0.15) is 0 Å². The van der Waals surface area contributed by atoms with Gasteiger partial charge in [-0.15, -0.1) is 11.6 Å². The fourth-order valence-electron chi connectivity index (χ4n) is 1.66. The van der Waals surface area contributed by atoms with Crippen LogP contribution in [0.2, 0.25) is 0 Å². The molecule has 0 unspecified atom stereocenters. The predicted molar refractivity (Wildman–Crippen MR) is 69.7 cm³/mol. The molecule has 1 aromatic carbocycles. The molecule has 1 aromatic rings. The zero-order valence-electron chi connectivity index (χ0n) is 10.5. The van der Waals surface area contributed by atoms with Crippen LogP contribution in [0.4, 0.5) is 0 Å². The van der Waals surface area contributed by atoms with Crippen molar-refractivity contribution in [3.05, 3.63) is 23.8 Å². The summed E-state index contributed by atoms with van der Waals surface area (Å²) in [6.07, 6.45) is 0. The number of halogens is 1. The maximum absolute atomic E-state index is 12.2. The summed E-state index contributed by atoms with van der Waals surface area (Å²) in [5, 5.41) is 2.87. The highest BCUT2D eigenvalue weighted by Crippen LogP contribution is 2.33. The third kappa shape index (κ3) is 2.70. The number of para-hydroxylation sites is 1. The molecule has 5 heteroatoms. The Morgan fingerprint density at radius 2 is 2.11 bits per heavy atom. The van der Waals surface area contributed by atoms with Crippen molar-refractivity contribution in [1.29, 1.82) is 0 Å². The minimum Gasteiger partial charge on any atom is -0.486 e. The molecule has 0 aliphatic carbocycles. The third-order valence-electron chi connectivity index (χ3n) is 2.60. The number of fused-ring (bicyclic) bond motifs is 1. The lowest BCUT2D eigenvalue weighted by Crippen LogP contribution is -2.45. The summed E-state index contributed by atoms with van der Waals surface area (Å²) in [5.41, 5.74) is 0.0158. The Labute approximate surface area is 111 Å². The average Bonchev–Trinajstić information content (AvgIpc) is 2.37. The lowest BCUT2D eigenvalue weighted by molar-refractivity contribution is 0.0909. The number of rotatable bonds is 3. The maximum Gasteiger partial charge on any atom is 0.255 e. The van der Waals surface area contributed by atoms with Crippen molar-refractivity contribution in [1.82, 2.24) is 5.32 Å². The van der Waals surface area contributed by atoms with Crippen LogP contribution in [0.15, 0.2) is 18.2 Å². The van der Waals surface area contributed by atoms with E-state index in [1.807, 2.05) is 13.8 Å². The molecule has 0 saturated heterocycles. The Balaban J connectivity index is 2.26. The van der Waals surface area contributed by atoms with E-state index in [0.29, 0.717) is 36.2 Å². The van der Waals surface area contributed by atoms with E-state index >= 15 is 0 Å². The number of hydrogen-bond donors (Lipinski definition) is 1. The Morgan fingerprint density at radius 1 is 1.39 bits per heavy atom. The highest BCUT2D eigenvalue weighted by molar-refractivity contribution is 6.18. The fraction of sp³-hybridized carbons (Fsp3) is 0.462. The first-order valence-corrected chi connectivity index (χ1v) is 6.34. The Morgan fingerprint density at radius 3 is 2.83 bits per heavy atom. The van der Waals surface area contributed by atoms with Crippen molar-refractivity contribution in [2.75, 3.05) is 19.1 Å². The molecule has 4 nitrogen and oxygen atoms in total. The molecule has 18 heavy (non-hydrogen) atoms. The summed E-state index contributed by atoms with van der Waals surface area (Å²) in [6.45, 7) is 4.69. The third-order valence-corrected chi connectivity index (χ3v) is 3.26. The van der Waals surface area contributed by atoms with Gasteiger partial charge < -0.3 is 14.8 Å². The van der Waals surface area contributed by atoms with Crippen molar-refractivity contribution in [2.24, 2.45) is 0 Å². The number of alkyl halides is 1. The van der Waals surface area contributed by atoms with E-state index in [0.717, 1.165) is 0 Å². The molecule has 0 saturated carbocycles. The second-order valence-corrected chi connectivity index (χ2v) is 5.07. The second-order valence-electron chi connectivity index (χ2n) is 4.80. The Kier molecular flexibility index (Phi) is 3.66. The SMILES string of the molecule is CC(C)(CCl)NC(=O)c1cccc2c1OCCO2. The molecule has 0 bridgehead atoms. The second kappa shape index (κ2) is 5.06. The number of nitrogens with one attached hydrogen (secondary N) is 1. The van der Waals surface area contributed by atoms with Crippen LogP contribution >= 0.6 is 11.6 Å². The largest absolute Gasteiger partial charge is 0.486 e. The minimum atomic E-state index is -0.461. The first-order valence-electron chi connectivity index (χ1n) is 5.80. The summed E-state index contributed by atoms with van der Waals surface area (Å²) in [4.78, 5) is 12.2. The van der Waals surface area contributed by atoms with Crippen LogP contribution < -0.4 is 14.8 Å². The van der Waals surface area contributed by atoms with E-state index in [1.165, 1.54) is 0 Å². The minimum absolute atomic E-state index is 0.206. The molecule has 0 spiro atoms. The normalized spacial score (nSPS) is 14.2. The van der Waals surface area contributed by atoms with Gasteiger partial charge in [-0.25, -0.2) is 0 Å². The molecule has 1 amide bonds. The topological polar surface area (TPSA) is 47.6 Å². The standard InChI is InChI=1S/C13H16ClNO3/c1-13(2,8-14)15-12(16)9-4-3-5-10-11(9)18-7-6-17-10/h3-5H,6-8H2,1-2H3,(H,15,16). The van der Waals surface area contributed by atoms with E-state index < -0.39 is 5.54 Å². The first-order chi connectivity index (χ1) is 8.53. The zero-order chi connectivity index (χ0) is 13.2. The van der Waals surface area contributed by atoms with Gasteiger partial charge in [0.25, 0.3) is 5.91 Å². The van der Waals surface area contributed by atoms with Crippen LogP contribution in [0.1, 0.15) is 24.2 Å². The summed E-state index contributed by atoms with van der Waals surface area (Å²) >= 11 is 5.80. The summed E-state index contributed by atoms with van der Waals surface area (Å²) in [5.74, 6) is 1.25. The van der Waals surface area contributed by atoms with Crippen LogP contribution in [0.25, 0.3) is 0 Å². The summed E-state index contributed by atoms with van der Waals surface area (Å²) in [7, 11) is 0. The Bertz CT molecular complexity index is 460. The van der Waals surface area contributed by atoms with Gasteiger partial charge in [-0.1, -0.05) is 6.07 Å². The van der Waals surface area contributed by atoms with Gasteiger partial charge in [0.1, 0.15) is 13.2 Å². The molecule has 1 N–H and O–H groups in total. The number of ether oxygens (including phenoxy) is 2. The quantitative estimate of drug-likeness (QED) is 0.856. The smallest absolute Gasteiger partial charge is 0.255 e. The number of carbonyl (C=O) groups excluding carboxylic acids is 1. The van der Waals surface area contributed by atoms with Crippen molar-refractivity contribution in [2.45, 2.75) is 19.4 Å².